The highest BCUT2D eigenvalue weighted by Crippen LogP contribution is 2.23. The summed E-state index contributed by atoms with van der Waals surface area (Å²) in [6, 6.07) is 13.6. The molecule has 0 bridgehead atoms. The number of ether oxygens (including phenoxy) is 1. The lowest BCUT2D eigenvalue weighted by Gasteiger charge is -2.05. The fourth-order valence-corrected chi connectivity index (χ4v) is 2.21. The van der Waals surface area contributed by atoms with Crippen LogP contribution in [0.5, 0.6) is 5.75 Å². The van der Waals surface area contributed by atoms with E-state index in [1.807, 2.05) is 31.2 Å². The van der Waals surface area contributed by atoms with E-state index in [2.05, 4.69) is 0 Å². The minimum atomic E-state index is -4.14. The van der Waals surface area contributed by atoms with Gasteiger partial charge in [0.05, 0.1) is 11.5 Å². The van der Waals surface area contributed by atoms with E-state index in [-0.39, 0.29) is 4.90 Å². The van der Waals surface area contributed by atoms with Gasteiger partial charge in [-0.3, -0.25) is 4.55 Å². The van der Waals surface area contributed by atoms with Crippen LogP contribution in [-0.2, 0) is 10.1 Å². The van der Waals surface area contributed by atoms with E-state index < -0.39 is 10.1 Å². The molecule has 0 atom stereocenters. The molecule has 0 radical (unpaired) electrons. The molecule has 2 rings (SSSR count). The average Bonchev–Trinajstić information content (AvgIpc) is 2.39. The second kappa shape index (κ2) is 5.42. The third-order valence-electron chi connectivity index (χ3n) is 2.65. The topological polar surface area (TPSA) is 63.6 Å². The highest BCUT2D eigenvalue weighted by Gasteiger charge is 2.08. The Labute approximate surface area is 112 Å². The zero-order valence-electron chi connectivity index (χ0n) is 10.4. The quantitative estimate of drug-likeness (QED) is 0.873. The van der Waals surface area contributed by atoms with Crippen LogP contribution in [0.3, 0.4) is 0 Å². The number of benzene rings is 2. The smallest absolute Gasteiger partial charge is 0.294 e. The normalized spacial score (nSPS) is 11.3. The maximum atomic E-state index is 10.9. The first-order valence-electron chi connectivity index (χ1n) is 5.81. The van der Waals surface area contributed by atoms with Crippen molar-refractivity contribution in [3.05, 3.63) is 48.5 Å². The van der Waals surface area contributed by atoms with Crippen molar-refractivity contribution in [2.24, 2.45) is 0 Å². The molecule has 0 saturated heterocycles. The number of rotatable bonds is 4. The van der Waals surface area contributed by atoms with Gasteiger partial charge in [0.25, 0.3) is 10.1 Å². The van der Waals surface area contributed by atoms with Crippen LogP contribution in [0.4, 0.5) is 0 Å². The van der Waals surface area contributed by atoms with Crippen LogP contribution in [0, 0.1) is 0 Å². The fourth-order valence-electron chi connectivity index (χ4n) is 1.73. The minimum Gasteiger partial charge on any atom is -0.494 e. The van der Waals surface area contributed by atoms with Crippen molar-refractivity contribution in [3.8, 4) is 16.9 Å². The van der Waals surface area contributed by atoms with Gasteiger partial charge >= 0.3 is 0 Å². The maximum absolute atomic E-state index is 10.9. The third kappa shape index (κ3) is 3.33. The molecule has 0 amide bonds. The highest BCUT2D eigenvalue weighted by molar-refractivity contribution is 7.85. The van der Waals surface area contributed by atoms with E-state index >= 15 is 0 Å². The SMILES string of the molecule is CCOc1ccc(-c2ccc(S(=O)(=O)O)cc2)cc1. The van der Waals surface area contributed by atoms with Crippen LogP contribution in [-0.4, -0.2) is 19.6 Å². The third-order valence-corrected chi connectivity index (χ3v) is 3.52. The lowest BCUT2D eigenvalue weighted by Crippen LogP contribution is -1.97. The Balaban J connectivity index is 2.27. The predicted molar refractivity (Wildman–Crippen MR) is 72.9 cm³/mol. The zero-order valence-corrected chi connectivity index (χ0v) is 11.2. The van der Waals surface area contributed by atoms with Gasteiger partial charge in [-0.15, -0.1) is 0 Å². The van der Waals surface area contributed by atoms with E-state index in [0.717, 1.165) is 16.9 Å². The lowest BCUT2D eigenvalue weighted by molar-refractivity contribution is 0.340. The van der Waals surface area contributed by atoms with Gasteiger partial charge in [0.15, 0.2) is 0 Å². The van der Waals surface area contributed by atoms with Crippen molar-refractivity contribution in [3.63, 3.8) is 0 Å². The van der Waals surface area contributed by atoms with Gasteiger partial charge in [-0.2, -0.15) is 8.42 Å². The molecule has 0 saturated carbocycles. The largest absolute Gasteiger partial charge is 0.494 e. The Morgan fingerprint density at radius 1 is 0.947 bits per heavy atom. The fraction of sp³-hybridized carbons (Fsp3) is 0.143. The van der Waals surface area contributed by atoms with Crippen LogP contribution < -0.4 is 4.74 Å². The van der Waals surface area contributed by atoms with Gasteiger partial charge in [0.1, 0.15) is 5.75 Å². The first-order valence-corrected chi connectivity index (χ1v) is 7.25. The van der Waals surface area contributed by atoms with E-state index in [1.165, 1.54) is 12.1 Å². The molecular weight excluding hydrogens is 264 g/mol. The van der Waals surface area contributed by atoms with E-state index in [1.54, 1.807) is 12.1 Å². The Morgan fingerprint density at radius 3 is 1.84 bits per heavy atom. The predicted octanol–water partition coefficient (Wildman–Crippen LogP) is 3.00. The van der Waals surface area contributed by atoms with E-state index in [0.29, 0.717) is 6.61 Å². The molecule has 19 heavy (non-hydrogen) atoms. The number of hydrogen-bond acceptors (Lipinski definition) is 3. The molecule has 1 N–H and O–H groups in total. The minimum absolute atomic E-state index is 0.109. The summed E-state index contributed by atoms with van der Waals surface area (Å²) in [4.78, 5) is -0.109. The first-order chi connectivity index (χ1) is 9.00. The summed E-state index contributed by atoms with van der Waals surface area (Å²) in [5, 5.41) is 0. The van der Waals surface area contributed by atoms with E-state index in [9.17, 15) is 8.42 Å². The van der Waals surface area contributed by atoms with Gasteiger partial charge in [0.2, 0.25) is 0 Å². The first kappa shape index (κ1) is 13.6. The van der Waals surface area contributed by atoms with Crippen molar-refractivity contribution >= 4 is 10.1 Å². The molecule has 0 aromatic heterocycles. The molecule has 5 heteroatoms. The summed E-state index contributed by atoms with van der Waals surface area (Å²) in [6.07, 6.45) is 0. The summed E-state index contributed by atoms with van der Waals surface area (Å²) < 4.78 is 36.1. The van der Waals surface area contributed by atoms with Crippen molar-refractivity contribution < 1.29 is 17.7 Å². The Kier molecular flexibility index (Phi) is 3.87. The van der Waals surface area contributed by atoms with Crippen LogP contribution >= 0.6 is 0 Å². The van der Waals surface area contributed by atoms with Gasteiger partial charge < -0.3 is 4.74 Å². The maximum Gasteiger partial charge on any atom is 0.294 e. The molecule has 0 fully saturated rings. The Bertz CT molecular complexity index is 643. The summed E-state index contributed by atoms with van der Waals surface area (Å²) in [5.74, 6) is 0.792. The molecule has 0 spiro atoms. The van der Waals surface area contributed by atoms with Gasteiger partial charge in [0, 0.05) is 0 Å². The van der Waals surface area contributed by atoms with Crippen molar-refractivity contribution in [2.75, 3.05) is 6.61 Å². The standard InChI is InChI=1S/C14H14O4S/c1-2-18-13-7-3-11(4-8-13)12-5-9-14(10-6-12)19(15,16)17/h3-10H,2H2,1H3,(H,15,16,17). The molecule has 0 aliphatic carbocycles. The molecular formula is C14H14O4S. The van der Waals surface area contributed by atoms with Crippen molar-refractivity contribution in [1.82, 2.24) is 0 Å². The van der Waals surface area contributed by atoms with Gasteiger partial charge in [-0.1, -0.05) is 24.3 Å². The summed E-state index contributed by atoms with van der Waals surface area (Å²) in [6.45, 7) is 2.53. The molecule has 0 unspecified atom stereocenters. The molecule has 0 heterocycles. The second-order valence-corrected chi connectivity index (χ2v) is 5.38. The second-order valence-electron chi connectivity index (χ2n) is 3.96. The van der Waals surface area contributed by atoms with Crippen molar-refractivity contribution in [1.29, 1.82) is 0 Å². The molecule has 0 aliphatic heterocycles. The molecule has 2 aromatic rings. The van der Waals surface area contributed by atoms with Crippen LogP contribution in [0.2, 0.25) is 0 Å². The number of hydrogen-bond donors (Lipinski definition) is 1. The van der Waals surface area contributed by atoms with Gasteiger partial charge in [-0.25, -0.2) is 0 Å². The van der Waals surface area contributed by atoms with Crippen LogP contribution in [0.25, 0.3) is 11.1 Å². The van der Waals surface area contributed by atoms with Crippen LogP contribution in [0.1, 0.15) is 6.92 Å². The molecule has 100 valence electrons. The van der Waals surface area contributed by atoms with Crippen LogP contribution in [0.15, 0.2) is 53.4 Å². The Hall–Kier alpha value is -1.85. The summed E-state index contributed by atoms with van der Waals surface area (Å²) in [5.41, 5.74) is 1.82. The van der Waals surface area contributed by atoms with Crippen molar-refractivity contribution in [2.45, 2.75) is 11.8 Å². The average molecular weight is 278 g/mol. The highest BCUT2D eigenvalue weighted by atomic mass is 32.2. The van der Waals surface area contributed by atoms with Gasteiger partial charge in [-0.05, 0) is 42.3 Å². The lowest BCUT2D eigenvalue weighted by atomic mass is 10.1. The Morgan fingerprint density at radius 2 is 1.42 bits per heavy atom. The molecule has 4 nitrogen and oxygen atoms in total. The molecule has 0 aliphatic rings. The zero-order chi connectivity index (χ0) is 13.9. The summed E-state index contributed by atoms with van der Waals surface area (Å²) >= 11 is 0. The summed E-state index contributed by atoms with van der Waals surface area (Å²) in [7, 11) is -4.14. The van der Waals surface area contributed by atoms with E-state index in [4.69, 9.17) is 9.29 Å². The molecule has 2 aromatic carbocycles. The monoisotopic (exact) mass is 278 g/mol.